The van der Waals surface area contributed by atoms with E-state index in [0.717, 1.165) is 5.56 Å². The van der Waals surface area contributed by atoms with E-state index < -0.39 is 28.0 Å². The lowest BCUT2D eigenvalue weighted by atomic mass is 10.2. The molecule has 0 aromatic heterocycles. The Morgan fingerprint density at radius 2 is 2.00 bits per heavy atom. The van der Waals surface area contributed by atoms with E-state index >= 15 is 0 Å². The Labute approximate surface area is 107 Å². The lowest BCUT2D eigenvalue weighted by Crippen LogP contribution is -2.42. The molecule has 0 fully saturated rings. The first kappa shape index (κ1) is 14.2. The fraction of sp³-hybridized carbons (Fsp3) is 0.273. The zero-order valence-electron chi connectivity index (χ0n) is 10.1. The van der Waals surface area contributed by atoms with Crippen molar-refractivity contribution in [2.24, 2.45) is 5.73 Å². The third-order valence-electron chi connectivity index (χ3n) is 2.37. The highest BCUT2D eigenvalue weighted by atomic mass is 32.2. The van der Waals surface area contributed by atoms with E-state index in [1.165, 1.54) is 6.92 Å². The monoisotopic (exact) mass is 269 g/mol. The van der Waals surface area contributed by atoms with E-state index in [9.17, 15) is 13.8 Å². The molecule has 18 heavy (non-hydrogen) atoms. The molecule has 1 aromatic rings. The molecule has 0 saturated heterocycles. The third-order valence-corrected chi connectivity index (χ3v) is 4.10. The Morgan fingerprint density at radius 3 is 2.56 bits per heavy atom. The van der Waals surface area contributed by atoms with Crippen LogP contribution in [-0.2, 0) is 15.6 Å². The van der Waals surface area contributed by atoms with Crippen LogP contribution in [0.25, 0.3) is 0 Å². The van der Waals surface area contributed by atoms with Crippen LogP contribution in [0.1, 0.15) is 12.5 Å². The van der Waals surface area contributed by atoms with Gasteiger partial charge < -0.3 is 11.5 Å². The molecule has 6 nitrogen and oxygen atoms in total. The summed E-state index contributed by atoms with van der Waals surface area (Å²) in [5, 5.41) is 1.01. The number of primary amides is 1. The molecule has 98 valence electrons. The molecule has 0 aliphatic carbocycles. The van der Waals surface area contributed by atoms with Gasteiger partial charge in [0.2, 0.25) is 5.91 Å². The SMILES string of the molecule is Cc1ccc(N)cc1S(=O)C(C)C(=O)NC(N)=O. The van der Waals surface area contributed by atoms with Crippen LogP contribution < -0.4 is 16.8 Å². The first-order valence-corrected chi connectivity index (χ1v) is 6.41. The maximum Gasteiger partial charge on any atom is 0.318 e. The molecular formula is C11H15N3O3S. The molecule has 0 radical (unpaired) electrons. The van der Waals surface area contributed by atoms with Crippen LogP contribution in [0.2, 0.25) is 0 Å². The molecule has 0 heterocycles. The molecule has 3 amide bonds. The average molecular weight is 269 g/mol. The molecule has 1 aromatic carbocycles. The number of rotatable bonds is 3. The van der Waals surface area contributed by atoms with E-state index in [-0.39, 0.29) is 0 Å². The summed E-state index contributed by atoms with van der Waals surface area (Å²) in [6.45, 7) is 3.22. The molecule has 2 atom stereocenters. The minimum absolute atomic E-state index is 0.464. The van der Waals surface area contributed by atoms with Gasteiger partial charge in [0.25, 0.3) is 0 Å². The van der Waals surface area contributed by atoms with Crippen LogP contribution in [0.15, 0.2) is 23.1 Å². The number of hydrogen-bond donors (Lipinski definition) is 3. The number of nitrogens with one attached hydrogen (secondary N) is 1. The topological polar surface area (TPSA) is 115 Å². The normalized spacial score (nSPS) is 13.7. The van der Waals surface area contributed by atoms with E-state index in [1.54, 1.807) is 25.1 Å². The molecular weight excluding hydrogens is 254 g/mol. The number of benzene rings is 1. The standard InChI is InChI=1S/C11H15N3O3S/c1-6-3-4-8(12)5-9(6)18(17)7(2)10(15)14-11(13)16/h3-5,7H,12H2,1-2H3,(H3,13,14,15,16). The number of hydrogen-bond acceptors (Lipinski definition) is 4. The van der Waals surface area contributed by atoms with Gasteiger partial charge in [0.1, 0.15) is 5.25 Å². The highest BCUT2D eigenvalue weighted by Crippen LogP contribution is 2.19. The van der Waals surface area contributed by atoms with Gasteiger partial charge in [-0.1, -0.05) is 6.07 Å². The van der Waals surface area contributed by atoms with Crippen molar-refractivity contribution in [2.75, 3.05) is 5.73 Å². The number of carbonyl (C=O) groups excluding carboxylic acids is 2. The molecule has 0 spiro atoms. The number of imide groups is 1. The molecule has 1 rings (SSSR count). The lowest BCUT2D eigenvalue weighted by molar-refractivity contribution is -0.119. The lowest BCUT2D eigenvalue weighted by Gasteiger charge is -2.12. The van der Waals surface area contributed by atoms with Crippen molar-refractivity contribution in [3.05, 3.63) is 23.8 Å². The zero-order chi connectivity index (χ0) is 13.9. The van der Waals surface area contributed by atoms with Gasteiger partial charge in [-0.05, 0) is 31.5 Å². The molecule has 0 bridgehead atoms. The van der Waals surface area contributed by atoms with Crippen LogP contribution in [0.5, 0.6) is 0 Å². The average Bonchev–Trinajstić information content (AvgIpc) is 2.29. The number of amides is 3. The van der Waals surface area contributed by atoms with Gasteiger partial charge in [-0.15, -0.1) is 0 Å². The molecule has 0 saturated carbocycles. The van der Waals surface area contributed by atoms with Crippen molar-refractivity contribution in [3.8, 4) is 0 Å². The Balaban J connectivity index is 2.96. The van der Waals surface area contributed by atoms with E-state index in [0.29, 0.717) is 10.6 Å². The Morgan fingerprint density at radius 1 is 1.39 bits per heavy atom. The van der Waals surface area contributed by atoms with Gasteiger partial charge in [-0.25, -0.2) is 4.79 Å². The fourth-order valence-corrected chi connectivity index (χ4v) is 2.62. The summed E-state index contributed by atoms with van der Waals surface area (Å²) in [5.74, 6) is -0.678. The fourth-order valence-electron chi connectivity index (χ4n) is 1.34. The van der Waals surface area contributed by atoms with Crippen LogP contribution in [-0.4, -0.2) is 21.4 Å². The van der Waals surface area contributed by atoms with E-state index in [4.69, 9.17) is 11.5 Å². The number of carbonyl (C=O) groups is 2. The van der Waals surface area contributed by atoms with Gasteiger partial charge in [0.15, 0.2) is 0 Å². The molecule has 2 unspecified atom stereocenters. The summed E-state index contributed by atoms with van der Waals surface area (Å²) in [4.78, 5) is 22.6. The minimum Gasteiger partial charge on any atom is -0.399 e. The predicted octanol–water partition coefficient (Wildman–Crippen LogP) is 0.268. The summed E-state index contributed by atoms with van der Waals surface area (Å²) in [5.41, 5.74) is 11.7. The van der Waals surface area contributed by atoms with Gasteiger partial charge in [0, 0.05) is 10.6 Å². The number of urea groups is 1. The Kier molecular flexibility index (Phi) is 4.43. The van der Waals surface area contributed by atoms with Crippen molar-refractivity contribution in [1.29, 1.82) is 0 Å². The summed E-state index contributed by atoms with van der Waals surface area (Å²) in [7, 11) is -1.60. The molecule has 0 aliphatic heterocycles. The summed E-state index contributed by atoms with van der Waals surface area (Å²) in [6, 6.07) is 4.00. The smallest absolute Gasteiger partial charge is 0.318 e. The van der Waals surface area contributed by atoms with Crippen LogP contribution >= 0.6 is 0 Å². The molecule has 0 aliphatic rings. The van der Waals surface area contributed by atoms with Crippen molar-refractivity contribution < 1.29 is 13.8 Å². The second-order valence-corrected chi connectivity index (χ2v) is 5.56. The van der Waals surface area contributed by atoms with Crippen molar-refractivity contribution >= 4 is 28.4 Å². The van der Waals surface area contributed by atoms with Crippen LogP contribution in [0.4, 0.5) is 10.5 Å². The second-order valence-electron chi connectivity index (χ2n) is 3.82. The predicted molar refractivity (Wildman–Crippen MR) is 69.2 cm³/mol. The van der Waals surface area contributed by atoms with Gasteiger partial charge in [-0.2, -0.15) is 0 Å². The van der Waals surface area contributed by atoms with Gasteiger partial charge in [0.05, 0.1) is 10.8 Å². The van der Waals surface area contributed by atoms with Crippen molar-refractivity contribution in [1.82, 2.24) is 5.32 Å². The quantitative estimate of drug-likeness (QED) is 0.683. The van der Waals surface area contributed by atoms with Gasteiger partial charge >= 0.3 is 6.03 Å². The molecule has 5 N–H and O–H groups in total. The second kappa shape index (κ2) is 5.63. The first-order chi connectivity index (χ1) is 8.32. The van der Waals surface area contributed by atoms with Crippen molar-refractivity contribution in [2.45, 2.75) is 24.0 Å². The van der Waals surface area contributed by atoms with Crippen LogP contribution in [0.3, 0.4) is 0 Å². The zero-order valence-corrected chi connectivity index (χ0v) is 10.9. The summed E-state index contributed by atoms with van der Waals surface area (Å²) >= 11 is 0. The number of nitrogen functional groups attached to an aromatic ring is 1. The highest BCUT2D eigenvalue weighted by molar-refractivity contribution is 7.86. The summed E-state index contributed by atoms with van der Waals surface area (Å²) in [6.07, 6.45) is 0. The Hall–Kier alpha value is -1.89. The number of anilines is 1. The third kappa shape index (κ3) is 3.30. The number of aryl methyl sites for hydroxylation is 1. The maximum absolute atomic E-state index is 12.2. The van der Waals surface area contributed by atoms with Crippen LogP contribution in [0, 0.1) is 6.92 Å². The Bertz CT molecular complexity index is 516. The summed E-state index contributed by atoms with van der Waals surface area (Å²) < 4.78 is 12.2. The molecule has 7 heteroatoms. The highest BCUT2D eigenvalue weighted by Gasteiger charge is 2.23. The first-order valence-electron chi connectivity index (χ1n) is 5.20. The largest absolute Gasteiger partial charge is 0.399 e. The van der Waals surface area contributed by atoms with Crippen molar-refractivity contribution in [3.63, 3.8) is 0 Å². The van der Waals surface area contributed by atoms with Gasteiger partial charge in [-0.3, -0.25) is 14.3 Å². The van der Waals surface area contributed by atoms with E-state index in [1.807, 2.05) is 5.32 Å². The minimum atomic E-state index is -1.60. The number of nitrogens with two attached hydrogens (primary N) is 2. The van der Waals surface area contributed by atoms with E-state index in [2.05, 4.69) is 0 Å². The maximum atomic E-state index is 12.2.